The van der Waals surface area contributed by atoms with Crippen molar-refractivity contribution in [3.05, 3.63) is 34.4 Å². The molecule has 144 valence electrons. The predicted octanol–water partition coefficient (Wildman–Crippen LogP) is 3.84. The second-order valence-corrected chi connectivity index (χ2v) is 7.02. The Balaban J connectivity index is 1.68. The molecule has 3 rings (SSSR count). The van der Waals surface area contributed by atoms with E-state index in [9.17, 15) is 14.4 Å². The highest BCUT2D eigenvalue weighted by Crippen LogP contribution is 2.37. The van der Waals surface area contributed by atoms with Crippen LogP contribution in [0.3, 0.4) is 0 Å². The summed E-state index contributed by atoms with van der Waals surface area (Å²) in [6, 6.07) is 5.06. The van der Waals surface area contributed by atoms with Gasteiger partial charge in [-0.2, -0.15) is 0 Å². The summed E-state index contributed by atoms with van der Waals surface area (Å²) in [4.78, 5) is 38.0. The molecule has 1 N–H and O–H groups in total. The van der Waals surface area contributed by atoms with Gasteiger partial charge in [-0.15, -0.1) is 0 Å². The lowest BCUT2D eigenvalue weighted by molar-refractivity contribution is -0.143. The molecule has 0 saturated heterocycles. The van der Waals surface area contributed by atoms with Gasteiger partial charge >= 0.3 is 5.97 Å². The molecule has 27 heavy (non-hydrogen) atoms. The van der Waals surface area contributed by atoms with Crippen molar-refractivity contribution < 1.29 is 19.1 Å². The maximum absolute atomic E-state index is 12.7. The molecular formula is C20H23ClN2O4. The fourth-order valence-electron chi connectivity index (χ4n) is 3.45. The summed E-state index contributed by atoms with van der Waals surface area (Å²) in [5, 5.41) is 3.66. The number of carbonyl (C=O) groups excluding carboxylic acids is 3. The fraction of sp³-hybridized carbons (Fsp3) is 0.450. The molecule has 2 aliphatic rings. The molecule has 0 saturated carbocycles. The van der Waals surface area contributed by atoms with Gasteiger partial charge in [-0.1, -0.05) is 11.6 Å². The second kappa shape index (κ2) is 8.57. The summed E-state index contributed by atoms with van der Waals surface area (Å²) >= 11 is 6.24. The van der Waals surface area contributed by atoms with Crippen LogP contribution in [-0.4, -0.2) is 30.9 Å². The molecule has 7 heteroatoms. The van der Waals surface area contributed by atoms with E-state index < -0.39 is 0 Å². The lowest BCUT2D eigenvalue weighted by Crippen LogP contribution is -2.31. The van der Waals surface area contributed by atoms with E-state index in [-0.39, 0.29) is 17.8 Å². The number of benzene rings is 1. The topological polar surface area (TPSA) is 75.7 Å². The van der Waals surface area contributed by atoms with Gasteiger partial charge in [-0.25, -0.2) is 4.90 Å². The van der Waals surface area contributed by atoms with E-state index in [1.165, 1.54) is 4.90 Å². The van der Waals surface area contributed by atoms with E-state index in [1.807, 2.05) is 0 Å². The van der Waals surface area contributed by atoms with Gasteiger partial charge in [0.25, 0.3) is 11.8 Å². The molecule has 6 nitrogen and oxygen atoms in total. The highest BCUT2D eigenvalue weighted by molar-refractivity contribution is 6.35. The smallest absolute Gasteiger partial charge is 0.305 e. The van der Waals surface area contributed by atoms with Gasteiger partial charge in [-0.3, -0.25) is 14.4 Å². The van der Waals surface area contributed by atoms with Gasteiger partial charge in [0, 0.05) is 24.1 Å². The van der Waals surface area contributed by atoms with Crippen molar-refractivity contribution in [1.29, 1.82) is 0 Å². The van der Waals surface area contributed by atoms with Crippen molar-refractivity contribution >= 4 is 40.8 Å². The molecule has 1 aliphatic carbocycles. The Morgan fingerprint density at radius 2 is 1.85 bits per heavy atom. The van der Waals surface area contributed by atoms with Crippen LogP contribution in [0.2, 0.25) is 5.02 Å². The van der Waals surface area contributed by atoms with Crippen LogP contribution >= 0.6 is 11.6 Å². The van der Waals surface area contributed by atoms with Gasteiger partial charge in [-0.05, 0) is 57.2 Å². The van der Waals surface area contributed by atoms with Crippen LogP contribution in [0.5, 0.6) is 0 Å². The standard InChI is InChI=1S/C20H23ClN2O4/c1-2-27-18(24)8-5-11-22-17-12-13(9-10-16(17)21)23-19(25)14-6-3-4-7-15(14)20(23)26/h9-10,12,22H,2-8,11H2,1H3. The molecule has 0 bridgehead atoms. The molecule has 0 unspecified atom stereocenters. The van der Waals surface area contributed by atoms with E-state index in [1.54, 1.807) is 25.1 Å². The quantitative estimate of drug-likeness (QED) is 0.435. The van der Waals surface area contributed by atoms with Crippen LogP contribution in [0, 0.1) is 0 Å². The first-order valence-electron chi connectivity index (χ1n) is 9.32. The fourth-order valence-corrected chi connectivity index (χ4v) is 3.64. The molecular weight excluding hydrogens is 368 g/mol. The van der Waals surface area contributed by atoms with Crippen LogP contribution in [0.15, 0.2) is 29.3 Å². The van der Waals surface area contributed by atoms with E-state index in [0.29, 0.717) is 66.4 Å². The summed E-state index contributed by atoms with van der Waals surface area (Å²) in [5.74, 6) is -0.667. The average molecular weight is 391 g/mol. The zero-order valence-electron chi connectivity index (χ0n) is 15.3. The number of hydrogen-bond donors (Lipinski definition) is 1. The largest absolute Gasteiger partial charge is 0.466 e. The number of halogens is 1. The Morgan fingerprint density at radius 3 is 2.48 bits per heavy atom. The van der Waals surface area contributed by atoms with Crippen molar-refractivity contribution in [2.24, 2.45) is 0 Å². The molecule has 2 amide bonds. The van der Waals surface area contributed by atoms with Crippen LogP contribution < -0.4 is 10.2 Å². The van der Waals surface area contributed by atoms with Gasteiger partial charge in [0.05, 0.1) is 23.0 Å². The Morgan fingerprint density at radius 1 is 1.19 bits per heavy atom. The van der Waals surface area contributed by atoms with Crippen molar-refractivity contribution in [3.63, 3.8) is 0 Å². The predicted molar refractivity (Wildman–Crippen MR) is 104 cm³/mol. The number of imide groups is 1. The lowest BCUT2D eigenvalue weighted by atomic mass is 9.93. The minimum atomic E-state index is -0.232. The summed E-state index contributed by atoms with van der Waals surface area (Å²) in [7, 11) is 0. The third-order valence-electron chi connectivity index (χ3n) is 4.78. The number of carbonyl (C=O) groups is 3. The number of anilines is 2. The zero-order valence-corrected chi connectivity index (χ0v) is 16.1. The van der Waals surface area contributed by atoms with E-state index in [2.05, 4.69) is 5.32 Å². The summed E-state index contributed by atoms with van der Waals surface area (Å²) in [6.45, 7) is 2.67. The minimum Gasteiger partial charge on any atom is -0.466 e. The lowest BCUT2D eigenvalue weighted by Gasteiger charge is -2.17. The number of ether oxygens (including phenoxy) is 1. The Bertz CT molecular complexity index is 775. The van der Waals surface area contributed by atoms with E-state index in [0.717, 1.165) is 12.8 Å². The minimum absolute atomic E-state index is 0.217. The molecule has 0 atom stereocenters. The summed E-state index contributed by atoms with van der Waals surface area (Å²) in [6.07, 6.45) is 4.14. The van der Waals surface area contributed by atoms with Crippen LogP contribution in [0.4, 0.5) is 11.4 Å². The maximum atomic E-state index is 12.7. The molecule has 1 heterocycles. The Labute approximate surface area is 163 Å². The monoisotopic (exact) mass is 390 g/mol. The summed E-state index contributed by atoms with van der Waals surface area (Å²) < 4.78 is 4.90. The number of rotatable bonds is 7. The van der Waals surface area contributed by atoms with Crippen LogP contribution in [0.1, 0.15) is 45.4 Å². The van der Waals surface area contributed by atoms with Crippen LogP contribution in [-0.2, 0) is 19.1 Å². The highest BCUT2D eigenvalue weighted by atomic mass is 35.5. The van der Waals surface area contributed by atoms with Gasteiger partial charge in [0.2, 0.25) is 0 Å². The third kappa shape index (κ3) is 4.16. The van der Waals surface area contributed by atoms with Crippen molar-refractivity contribution in [1.82, 2.24) is 0 Å². The van der Waals surface area contributed by atoms with Crippen LogP contribution in [0.25, 0.3) is 0 Å². The number of hydrogen-bond acceptors (Lipinski definition) is 5. The van der Waals surface area contributed by atoms with E-state index >= 15 is 0 Å². The number of esters is 1. The van der Waals surface area contributed by atoms with Gasteiger partial charge in [0.15, 0.2) is 0 Å². The number of nitrogens with zero attached hydrogens (tertiary/aromatic N) is 1. The van der Waals surface area contributed by atoms with Crippen molar-refractivity contribution in [2.75, 3.05) is 23.4 Å². The van der Waals surface area contributed by atoms with Crippen molar-refractivity contribution in [2.45, 2.75) is 45.4 Å². The normalized spacial score (nSPS) is 16.6. The highest BCUT2D eigenvalue weighted by Gasteiger charge is 2.39. The van der Waals surface area contributed by atoms with E-state index in [4.69, 9.17) is 16.3 Å². The number of amides is 2. The molecule has 0 radical (unpaired) electrons. The first-order valence-corrected chi connectivity index (χ1v) is 9.70. The maximum Gasteiger partial charge on any atom is 0.305 e. The molecule has 0 fully saturated rings. The number of nitrogens with one attached hydrogen (secondary N) is 1. The molecule has 1 aromatic rings. The molecule has 0 spiro atoms. The van der Waals surface area contributed by atoms with Gasteiger partial charge < -0.3 is 10.1 Å². The third-order valence-corrected chi connectivity index (χ3v) is 5.11. The zero-order chi connectivity index (χ0) is 19.4. The molecule has 1 aliphatic heterocycles. The Kier molecular flexibility index (Phi) is 6.16. The first kappa shape index (κ1) is 19.4. The molecule has 0 aromatic heterocycles. The SMILES string of the molecule is CCOC(=O)CCCNc1cc(N2C(=O)C3=C(CCCC3)C2=O)ccc1Cl. The van der Waals surface area contributed by atoms with Gasteiger partial charge in [0.1, 0.15) is 0 Å². The average Bonchev–Trinajstić information content (AvgIpc) is 2.92. The Hall–Kier alpha value is -2.34. The van der Waals surface area contributed by atoms with Crippen molar-refractivity contribution in [3.8, 4) is 0 Å². The second-order valence-electron chi connectivity index (χ2n) is 6.61. The summed E-state index contributed by atoms with van der Waals surface area (Å²) in [5.41, 5.74) is 2.45. The first-order chi connectivity index (χ1) is 13.0. The molecule has 1 aromatic carbocycles.